The van der Waals surface area contributed by atoms with Gasteiger partial charge in [0, 0.05) is 12.5 Å². The molecule has 5 N–H and O–H groups in total. The van der Waals surface area contributed by atoms with Crippen LogP contribution in [0.5, 0.6) is 0 Å². The van der Waals surface area contributed by atoms with Gasteiger partial charge in [0.05, 0.1) is 0 Å². The van der Waals surface area contributed by atoms with E-state index in [9.17, 15) is 24.3 Å². The van der Waals surface area contributed by atoms with Crippen molar-refractivity contribution in [2.24, 2.45) is 11.7 Å². The molecule has 41 heavy (non-hydrogen) atoms. The first-order chi connectivity index (χ1) is 19.7. The van der Waals surface area contributed by atoms with Gasteiger partial charge >= 0.3 is 12.1 Å². The zero-order valence-electron chi connectivity index (χ0n) is 23.7. The molecule has 10 heteroatoms. The molecule has 3 amide bonds. The number of likely N-dealkylation sites (tertiary alicyclic amines) is 1. The number of nitrogens with two attached hydrogens (primary N) is 1. The summed E-state index contributed by atoms with van der Waals surface area (Å²) >= 11 is 0. The van der Waals surface area contributed by atoms with Crippen LogP contribution in [0.2, 0.25) is 0 Å². The maximum Gasteiger partial charge on any atom is 0.407 e. The van der Waals surface area contributed by atoms with Gasteiger partial charge in [-0.05, 0) is 66.8 Å². The lowest BCUT2D eigenvalue weighted by atomic mass is 9.98. The number of unbranched alkanes of at least 4 members (excludes halogenated alkanes) is 1. The molecule has 3 atom stereocenters. The van der Waals surface area contributed by atoms with Gasteiger partial charge in [-0.1, -0.05) is 62.4 Å². The van der Waals surface area contributed by atoms with Gasteiger partial charge in [-0.2, -0.15) is 0 Å². The Labute approximate surface area is 240 Å². The fourth-order valence-corrected chi connectivity index (χ4v) is 5.78. The van der Waals surface area contributed by atoms with Gasteiger partial charge in [-0.3, -0.25) is 9.59 Å². The van der Waals surface area contributed by atoms with Crippen LogP contribution in [-0.2, 0) is 19.1 Å². The molecule has 0 unspecified atom stereocenters. The monoisotopic (exact) mass is 564 g/mol. The van der Waals surface area contributed by atoms with Crippen LogP contribution < -0.4 is 16.4 Å². The molecule has 1 fully saturated rings. The normalized spacial score (nSPS) is 17.5. The fourth-order valence-electron chi connectivity index (χ4n) is 5.78. The molecule has 1 saturated heterocycles. The van der Waals surface area contributed by atoms with Crippen molar-refractivity contribution in [1.82, 2.24) is 15.5 Å². The Morgan fingerprint density at radius 2 is 1.63 bits per heavy atom. The summed E-state index contributed by atoms with van der Waals surface area (Å²) in [5.41, 5.74) is 10.0. The van der Waals surface area contributed by atoms with Crippen molar-refractivity contribution in [3.63, 3.8) is 0 Å². The number of hydrogen-bond donors (Lipinski definition) is 4. The second-order valence-electron chi connectivity index (χ2n) is 11.1. The summed E-state index contributed by atoms with van der Waals surface area (Å²) in [6.07, 6.45) is 1.81. The minimum atomic E-state index is -1.05. The second-order valence-corrected chi connectivity index (χ2v) is 11.1. The number of aliphatic carboxylic acids is 1. The van der Waals surface area contributed by atoms with Gasteiger partial charge in [0.2, 0.25) is 11.8 Å². The Morgan fingerprint density at radius 1 is 1.00 bits per heavy atom. The van der Waals surface area contributed by atoms with Gasteiger partial charge in [-0.25, -0.2) is 9.59 Å². The Balaban J connectivity index is 1.42. The number of nitrogens with zero attached hydrogens (tertiary/aromatic N) is 1. The predicted octanol–water partition coefficient (Wildman–Crippen LogP) is 3.24. The molecule has 2 aromatic rings. The minimum Gasteiger partial charge on any atom is -0.480 e. The van der Waals surface area contributed by atoms with E-state index in [-0.39, 0.29) is 18.4 Å². The van der Waals surface area contributed by atoms with E-state index in [1.807, 2.05) is 36.4 Å². The maximum atomic E-state index is 13.4. The Morgan fingerprint density at radius 3 is 2.22 bits per heavy atom. The summed E-state index contributed by atoms with van der Waals surface area (Å²) in [4.78, 5) is 52.7. The molecule has 220 valence electrons. The van der Waals surface area contributed by atoms with Crippen LogP contribution in [0.15, 0.2) is 48.5 Å². The zero-order chi connectivity index (χ0) is 29.5. The first-order valence-corrected chi connectivity index (χ1v) is 14.4. The number of alkyl carbamates (subject to hydrolysis) is 1. The molecule has 0 radical (unpaired) electrons. The summed E-state index contributed by atoms with van der Waals surface area (Å²) in [5.74, 6) is -2.42. The van der Waals surface area contributed by atoms with Gasteiger partial charge in [0.1, 0.15) is 24.7 Å². The number of fused-ring (bicyclic) bond motifs is 3. The van der Waals surface area contributed by atoms with E-state index < -0.39 is 42.0 Å². The molecule has 10 nitrogen and oxygen atoms in total. The zero-order valence-corrected chi connectivity index (χ0v) is 23.7. The number of hydrogen-bond acceptors (Lipinski definition) is 6. The van der Waals surface area contributed by atoms with E-state index in [1.165, 1.54) is 4.90 Å². The van der Waals surface area contributed by atoms with E-state index in [0.717, 1.165) is 22.3 Å². The molecule has 0 bridgehead atoms. The Hall–Kier alpha value is -3.92. The van der Waals surface area contributed by atoms with E-state index in [0.29, 0.717) is 45.2 Å². The molecule has 4 rings (SSSR count). The molecular weight excluding hydrogens is 524 g/mol. The summed E-state index contributed by atoms with van der Waals surface area (Å²) in [7, 11) is 0. The molecule has 0 spiro atoms. The highest BCUT2D eigenvalue weighted by molar-refractivity contribution is 5.93. The van der Waals surface area contributed by atoms with E-state index in [4.69, 9.17) is 10.5 Å². The van der Waals surface area contributed by atoms with Crippen molar-refractivity contribution < 1.29 is 29.0 Å². The summed E-state index contributed by atoms with van der Waals surface area (Å²) < 4.78 is 5.65. The number of amides is 3. The van der Waals surface area contributed by atoms with Gasteiger partial charge < -0.3 is 31.1 Å². The Bertz CT molecular complexity index is 1220. The van der Waals surface area contributed by atoms with Crippen LogP contribution in [0, 0.1) is 5.92 Å². The van der Waals surface area contributed by atoms with E-state index >= 15 is 0 Å². The second kappa shape index (κ2) is 13.6. The van der Waals surface area contributed by atoms with E-state index in [1.54, 1.807) is 13.8 Å². The standard InChI is InChI=1S/C31H40N4O6/c1-19(2)27(29(37)35-17-9-15-26(35)30(38)39)34-28(36)25(14-7-8-16-32)33-31(40)41-18-24-22-12-5-3-10-20(22)21-11-4-6-13-23(21)24/h3-6,10-13,19,24-27H,7-9,14-18,32H2,1-2H3,(H,33,40)(H,34,36)(H,38,39)/t25-,26-,27+/m0/s1. The molecule has 2 aliphatic rings. The fraction of sp³-hybridized carbons (Fsp3) is 0.484. The number of ether oxygens (including phenoxy) is 1. The highest BCUT2D eigenvalue weighted by Gasteiger charge is 2.39. The number of carboxylic acid groups (broad SMARTS) is 1. The number of benzene rings is 2. The lowest BCUT2D eigenvalue weighted by Gasteiger charge is -2.30. The van der Waals surface area contributed by atoms with Crippen molar-refractivity contribution in [3.8, 4) is 11.1 Å². The van der Waals surface area contributed by atoms with Crippen molar-refractivity contribution in [2.45, 2.75) is 70.0 Å². The third-order valence-electron chi connectivity index (χ3n) is 7.95. The predicted molar refractivity (Wildman–Crippen MR) is 154 cm³/mol. The van der Waals surface area contributed by atoms with Gasteiger partial charge in [0.25, 0.3) is 0 Å². The van der Waals surface area contributed by atoms with Gasteiger partial charge in [-0.15, -0.1) is 0 Å². The smallest absolute Gasteiger partial charge is 0.407 e. The molecular formula is C31H40N4O6. The minimum absolute atomic E-state index is 0.107. The third-order valence-corrected chi connectivity index (χ3v) is 7.95. The summed E-state index contributed by atoms with van der Waals surface area (Å²) in [5, 5.41) is 15.0. The average molecular weight is 565 g/mol. The van der Waals surface area contributed by atoms with Crippen LogP contribution in [0.25, 0.3) is 11.1 Å². The van der Waals surface area contributed by atoms with Gasteiger partial charge in [0.15, 0.2) is 0 Å². The van der Waals surface area contributed by atoms with Crippen LogP contribution in [0.3, 0.4) is 0 Å². The number of carbonyl (C=O) groups is 4. The van der Waals surface area contributed by atoms with Crippen molar-refractivity contribution in [2.75, 3.05) is 19.7 Å². The largest absolute Gasteiger partial charge is 0.480 e. The van der Waals surface area contributed by atoms with Crippen LogP contribution in [-0.4, -0.2) is 71.7 Å². The Kier molecular flexibility index (Phi) is 9.99. The average Bonchev–Trinajstić information content (AvgIpc) is 3.57. The summed E-state index contributed by atoms with van der Waals surface area (Å²) in [6, 6.07) is 13.3. The summed E-state index contributed by atoms with van der Waals surface area (Å²) in [6.45, 7) is 4.45. The molecule has 2 aromatic carbocycles. The van der Waals surface area contributed by atoms with Crippen LogP contribution >= 0.6 is 0 Å². The van der Waals surface area contributed by atoms with E-state index in [2.05, 4.69) is 22.8 Å². The first kappa shape index (κ1) is 30.0. The quantitative estimate of drug-likeness (QED) is 0.289. The molecule has 0 saturated carbocycles. The molecule has 1 aliphatic carbocycles. The SMILES string of the molecule is CC(C)[C@@H](NC(=O)[C@H](CCCCN)NC(=O)OCC1c2ccccc2-c2ccccc21)C(=O)N1CCC[C@H]1C(=O)O. The molecule has 0 aromatic heterocycles. The van der Waals surface area contributed by atoms with Crippen molar-refractivity contribution in [1.29, 1.82) is 0 Å². The number of rotatable bonds is 12. The van der Waals surface area contributed by atoms with Crippen molar-refractivity contribution >= 4 is 23.9 Å². The molecule has 1 heterocycles. The lowest BCUT2D eigenvalue weighted by Crippen LogP contribution is -2.57. The highest BCUT2D eigenvalue weighted by Crippen LogP contribution is 2.44. The number of carbonyl (C=O) groups excluding carboxylic acids is 3. The highest BCUT2D eigenvalue weighted by atomic mass is 16.5. The van der Waals surface area contributed by atoms with Crippen molar-refractivity contribution in [3.05, 3.63) is 59.7 Å². The van der Waals surface area contributed by atoms with Crippen LogP contribution in [0.4, 0.5) is 4.79 Å². The van der Waals surface area contributed by atoms with Crippen LogP contribution in [0.1, 0.15) is 63.0 Å². The molecule has 1 aliphatic heterocycles. The third kappa shape index (κ3) is 6.87. The number of carboxylic acids is 1. The first-order valence-electron chi connectivity index (χ1n) is 14.4. The lowest BCUT2D eigenvalue weighted by molar-refractivity contribution is -0.150. The maximum absolute atomic E-state index is 13.4. The number of nitrogens with one attached hydrogen (secondary N) is 2. The topological polar surface area (TPSA) is 151 Å².